The molecule has 0 aliphatic carbocycles. The van der Waals surface area contributed by atoms with Crippen LogP contribution in [-0.4, -0.2) is 48.3 Å². The molecular weight excluding hydrogens is 418 g/mol. The van der Waals surface area contributed by atoms with Crippen molar-refractivity contribution in [1.82, 2.24) is 15.1 Å². The van der Waals surface area contributed by atoms with E-state index in [1.807, 2.05) is 38.4 Å². The Bertz CT molecular complexity index is 819. The van der Waals surface area contributed by atoms with Gasteiger partial charge in [0.25, 0.3) is 5.91 Å². The number of hydrogen-bond acceptors (Lipinski definition) is 3. The first-order valence-electron chi connectivity index (χ1n) is 9.51. The summed E-state index contributed by atoms with van der Waals surface area (Å²) in [6.07, 6.45) is 1.55. The molecule has 1 N–H and O–H groups in total. The van der Waals surface area contributed by atoms with E-state index in [1.165, 1.54) is 5.56 Å². The first-order valence-corrected chi connectivity index (χ1v) is 10.3. The van der Waals surface area contributed by atoms with Crippen molar-refractivity contribution < 1.29 is 9.59 Å². The van der Waals surface area contributed by atoms with Crippen LogP contribution in [0, 0.1) is 0 Å². The van der Waals surface area contributed by atoms with E-state index < -0.39 is 6.04 Å². The first kappa shape index (κ1) is 20.6. The summed E-state index contributed by atoms with van der Waals surface area (Å²) < 4.78 is 0.927. The molecule has 0 saturated carbocycles. The minimum Gasteiger partial charge on any atom is -0.350 e. The lowest BCUT2D eigenvalue weighted by Crippen LogP contribution is -2.45. The fourth-order valence-corrected chi connectivity index (χ4v) is 3.74. The number of benzene rings is 2. The standard InChI is InChI=1S/C22H26BrN3O2/c1-25(2)15-17-7-5-16(6-8-17)14-24-21(27)20-4-3-13-26(20)22(28)18-9-11-19(23)12-10-18/h5-12,20H,3-4,13-15H2,1-2H3,(H,24,27). The number of amides is 2. The molecule has 3 rings (SSSR count). The highest BCUT2D eigenvalue weighted by atomic mass is 79.9. The molecule has 2 aromatic rings. The van der Waals surface area contributed by atoms with Crippen LogP contribution >= 0.6 is 15.9 Å². The Morgan fingerprint density at radius 3 is 2.36 bits per heavy atom. The van der Waals surface area contributed by atoms with Crippen LogP contribution in [0.5, 0.6) is 0 Å². The molecule has 1 aliphatic heterocycles. The molecule has 0 bridgehead atoms. The lowest BCUT2D eigenvalue weighted by molar-refractivity contribution is -0.125. The summed E-state index contributed by atoms with van der Waals surface area (Å²) >= 11 is 3.38. The third-order valence-electron chi connectivity index (χ3n) is 4.90. The zero-order valence-electron chi connectivity index (χ0n) is 16.3. The third kappa shape index (κ3) is 5.20. The third-order valence-corrected chi connectivity index (χ3v) is 5.42. The molecule has 1 fully saturated rings. The van der Waals surface area contributed by atoms with E-state index in [1.54, 1.807) is 17.0 Å². The molecule has 148 valence electrons. The average Bonchev–Trinajstić information content (AvgIpc) is 3.17. The number of halogens is 1. The summed E-state index contributed by atoms with van der Waals surface area (Å²) in [5.74, 6) is -0.168. The van der Waals surface area contributed by atoms with Gasteiger partial charge in [0, 0.05) is 29.7 Å². The number of carbonyl (C=O) groups is 2. The maximum Gasteiger partial charge on any atom is 0.254 e. The molecule has 1 aliphatic rings. The zero-order valence-corrected chi connectivity index (χ0v) is 17.9. The van der Waals surface area contributed by atoms with E-state index in [-0.39, 0.29) is 11.8 Å². The van der Waals surface area contributed by atoms with Gasteiger partial charge < -0.3 is 15.1 Å². The van der Waals surface area contributed by atoms with E-state index in [0.717, 1.165) is 23.0 Å². The fourth-order valence-electron chi connectivity index (χ4n) is 3.48. The van der Waals surface area contributed by atoms with Crippen LogP contribution in [0.25, 0.3) is 0 Å². The van der Waals surface area contributed by atoms with Crippen LogP contribution in [0.3, 0.4) is 0 Å². The number of carbonyl (C=O) groups excluding carboxylic acids is 2. The topological polar surface area (TPSA) is 52.7 Å². The summed E-state index contributed by atoms with van der Waals surface area (Å²) in [4.78, 5) is 29.3. The molecule has 1 unspecified atom stereocenters. The van der Waals surface area contributed by atoms with E-state index >= 15 is 0 Å². The van der Waals surface area contributed by atoms with Gasteiger partial charge in [-0.2, -0.15) is 0 Å². The van der Waals surface area contributed by atoms with Gasteiger partial charge in [-0.05, 0) is 62.3 Å². The van der Waals surface area contributed by atoms with Gasteiger partial charge in [-0.25, -0.2) is 0 Å². The smallest absolute Gasteiger partial charge is 0.254 e. The molecule has 2 aromatic carbocycles. The highest BCUT2D eigenvalue weighted by Crippen LogP contribution is 2.21. The second-order valence-electron chi connectivity index (χ2n) is 7.44. The summed E-state index contributed by atoms with van der Waals surface area (Å²) in [5.41, 5.74) is 2.90. The molecule has 0 radical (unpaired) electrons. The Kier molecular flexibility index (Phi) is 6.86. The molecule has 28 heavy (non-hydrogen) atoms. The van der Waals surface area contributed by atoms with Crippen LogP contribution in [-0.2, 0) is 17.9 Å². The van der Waals surface area contributed by atoms with Gasteiger partial charge in [0.2, 0.25) is 5.91 Å². The van der Waals surface area contributed by atoms with Gasteiger partial charge in [0.1, 0.15) is 6.04 Å². The molecule has 2 amide bonds. The van der Waals surface area contributed by atoms with Crippen LogP contribution in [0.4, 0.5) is 0 Å². The Hall–Kier alpha value is -2.18. The summed E-state index contributed by atoms with van der Waals surface area (Å²) in [7, 11) is 4.08. The van der Waals surface area contributed by atoms with Crippen molar-refractivity contribution in [3.05, 3.63) is 69.7 Å². The van der Waals surface area contributed by atoms with Crippen LogP contribution in [0.15, 0.2) is 53.0 Å². The molecule has 6 heteroatoms. The van der Waals surface area contributed by atoms with Gasteiger partial charge in [-0.1, -0.05) is 40.2 Å². The van der Waals surface area contributed by atoms with Gasteiger partial charge >= 0.3 is 0 Å². The SMILES string of the molecule is CN(C)Cc1ccc(CNC(=O)C2CCCN2C(=O)c2ccc(Br)cc2)cc1. The van der Waals surface area contributed by atoms with Gasteiger partial charge in [-0.15, -0.1) is 0 Å². The van der Waals surface area contributed by atoms with Crippen molar-refractivity contribution in [3.8, 4) is 0 Å². The van der Waals surface area contributed by atoms with Crippen LogP contribution in [0.2, 0.25) is 0 Å². The predicted molar refractivity (Wildman–Crippen MR) is 114 cm³/mol. The number of rotatable bonds is 6. The zero-order chi connectivity index (χ0) is 20.1. The maximum atomic E-state index is 12.8. The van der Waals surface area contributed by atoms with Crippen molar-refractivity contribution in [2.24, 2.45) is 0 Å². The Labute approximate surface area is 174 Å². The molecule has 5 nitrogen and oxygen atoms in total. The van der Waals surface area contributed by atoms with Gasteiger partial charge in [0.05, 0.1) is 0 Å². The van der Waals surface area contributed by atoms with Crippen LogP contribution in [0.1, 0.15) is 34.3 Å². The number of hydrogen-bond donors (Lipinski definition) is 1. The average molecular weight is 444 g/mol. The Morgan fingerprint density at radius 2 is 1.71 bits per heavy atom. The number of nitrogens with one attached hydrogen (secondary N) is 1. The second-order valence-corrected chi connectivity index (χ2v) is 8.35. The minimum absolute atomic E-state index is 0.0830. The van der Waals surface area contributed by atoms with Gasteiger partial charge in [-0.3, -0.25) is 9.59 Å². The van der Waals surface area contributed by atoms with Crippen molar-refractivity contribution in [2.45, 2.75) is 32.0 Å². The van der Waals surface area contributed by atoms with Crippen molar-refractivity contribution >= 4 is 27.7 Å². The lowest BCUT2D eigenvalue weighted by atomic mass is 10.1. The molecule has 1 saturated heterocycles. The minimum atomic E-state index is -0.399. The van der Waals surface area contributed by atoms with Crippen LogP contribution < -0.4 is 5.32 Å². The van der Waals surface area contributed by atoms with Crippen molar-refractivity contribution in [2.75, 3.05) is 20.6 Å². The molecule has 1 atom stereocenters. The Balaban J connectivity index is 1.58. The lowest BCUT2D eigenvalue weighted by Gasteiger charge is -2.24. The van der Waals surface area contributed by atoms with E-state index in [2.05, 4.69) is 38.3 Å². The quantitative estimate of drug-likeness (QED) is 0.743. The second kappa shape index (κ2) is 9.34. The van der Waals surface area contributed by atoms with E-state index in [0.29, 0.717) is 25.1 Å². The van der Waals surface area contributed by atoms with Gasteiger partial charge in [0.15, 0.2) is 0 Å². The highest BCUT2D eigenvalue weighted by molar-refractivity contribution is 9.10. The molecular formula is C22H26BrN3O2. The van der Waals surface area contributed by atoms with E-state index in [9.17, 15) is 9.59 Å². The first-order chi connectivity index (χ1) is 13.4. The predicted octanol–water partition coefficient (Wildman–Crippen LogP) is 3.43. The maximum absolute atomic E-state index is 12.8. The number of nitrogens with zero attached hydrogens (tertiary/aromatic N) is 2. The van der Waals surface area contributed by atoms with Crippen molar-refractivity contribution in [1.29, 1.82) is 0 Å². The monoisotopic (exact) mass is 443 g/mol. The molecule has 1 heterocycles. The summed E-state index contributed by atoms with van der Waals surface area (Å²) in [6.45, 7) is 1.98. The normalized spacial score (nSPS) is 16.4. The summed E-state index contributed by atoms with van der Waals surface area (Å²) in [6, 6.07) is 15.1. The highest BCUT2D eigenvalue weighted by Gasteiger charge is 2.34. The molecule has 0 aromatic heterocycles. The Morgan fingerprint density at radius 1 is 1.07 bits per heavy atom. The molecule has 0 spiro atoms. The number of likely N-dealkylation sites (tertiary alicyclic amines) is 1. The largest absolute Gasteiger partial charge is 0.350 e. The summed E-state index contributed by atoms with van der Waals surface area (Å²) in [5, 5.41) is 3.00. The van der Waals surface area contributed by atoms with E-state index in [4.69, 9.17) is 0 Å². The fraction of sp³-hybridized carbons (Fsp3) is 0.364. The van der Waals surface area contributed by atoms with Crippen molar-refractivity contribution in [3.63, 3.8) is 0 Å².